The average molecular weight is 347 g/mol. The van der Waals surface area contributed by atoms with Crippen LogP contribution in [0.25, 0.3) is 5.65 Å². The maximum atomic E-state index is 11.4. The summed E-state index contributed by atoms with van der Waals surface area (Å²) in [6.07, 6.45) is 3.66. The van der Waals surface area contributed by atoms with Crippen molar-refractivity contribution in [3.63, 3.8) is 0 Å². The Kier molecular flexibility index (Phi) is 3.86. The van der Waals surface area contributed by atoms with Gasteiger partial charge in [0, 0.05) is 12.7 Å². The van der Waals surface area contributed by atoms with Crippen molar-refractivity contribution in [3.8, 4) is 0 Å². The van der Waals surface area contributed by atoms with E-state index in [4.69, 9.17) is 4.74 Å². The Balaban J connectivity index is 1.66. The van der Waals surface area contributed by atoms with E-state index >= 15 is 0 Å². The Morgan fingerprint density at radius 3 is 3.17 bits per heavy atom. The Morgan fingerprint density at radius 1 is 1.46 bits per heavy atom. The lowest BCUT2D eigenvalue weighted by Gasteiger charge is -2.09. The third-order valence-electron chi connectivity index (χ3n) is 3.73. The van der Waals surface area contributed by atoms with Crippen molar-refractivity contribution in [2.75, 3.05) is 6.61 Å². The highest BCUT2D eigenvalue weighted by atomic mass is 32.2. The van der Waals surface area contributed by atoms with Gasteiger partial charge in [0.15, 0.2) is 0 Å². The number of fused-ring (bicyclic) bond motifs is 1. The van der Waals surface area contributed by atoms with Gasteiger partial charge in [0.2, 0.25) is 15.8 Å². The molecule has 1 saturated heterocycles. The second-order valence-electron chi connectivity index (χ2n) is 5.31. The van der Waals surface area contributed by atoms with Crippen LogP contribution in [-0.2, 0) is 11.3 Å². The van der Waals surface area contributed by atoms with E-state index in [1.54, 1.807) is 29.1 Å². The van der Waals surface area contributed by atoms with E-state index in [1.807, 2.05) is 0 Å². The summed E-state index contributed by atoms with van der Waals surface area (Å²) in [4.78, 5) is 15.3. The van der Waals surface area contributed by atoms with Crippen molar-refractivity contribution in [1.29, 1.82) is 0 Å². The fourth-order valence-electron chi connectivity index (χ4n) is 2.65. The van der Waals surface area contributed by atoms with Gasteiger partial charge in [-0.3, -0.25) is 0 Å². The molecule has 0 aromatic carbocycles. The molecule has 0 N–H and O–H groups in total. The topological polar surface area (TPSA) is 113 Å². The molecule has 11 heteroatoms. The first-order valence-corrected chi connectivity index (χ1v) is 8.21. The van der Waals surface area contributed by atoms with Crippen LogP contribution in [0.2, 0.25) is 0 Å². The molecule has 4 heterocycles. The third kappa shape index (κ3) is 2.71. The highest BCUT2D eigenvalue weighted by Crippen LogP contribution is 2.33. The summed E-state index contributed by atoms with van der Waals surface area (Å²) < 4.78 is 8.63. The van der Waals surface area contributed by atoms with E-state index in [0.717, 1.165) is 31.2 Å². The first-order valence-electron chi connectivity index (χ1n) is 7.39. The first-order chi connectivity index (χ1) is 11.7. The number of hydrogen-bond acceptors (Lipinski definition) is 8. The molecule has 3 aromatic rings. The summed E-state index contributed by atoms with van der Waals surface area (Å²) in [7, 11) is 0. The molecule has 3 aromatic heterocycles. The molecule has 4 rings (SSSR count). The zero-order valence-corrected chi connectivity index (χ0v) is 13.3. The predicted octanol–water partition coefficient (Wildman–Crippen LogP) is 1.56. The van der Waals surface area contributed by atoms with E-state index in [0.29, 0.717) is 17.3 Å². The lowest BCUT2D eigenvalue weighted by atomic mass is 10.2. The van der Waals surface area contributed by atoms with Crippen molar-refractivity contribution >= 4 is 23.2 Å². The highest BCUT2D eigenvalue weighted by Gasteiger charge is 2.26. The molecule has 0 bridgehead atoms. The molecule has 1 unspecified atom stereocenters. The van der Waals surface area contributed by atoms with Gasteiger partial charge in [-0.25, -0.2) is 4.68 Å². The molecule has 24 heavy (non-hydrogen) atoms. The molecule has 1 aliphatic heterocycles. The third-order valence-corrected chi connectivity index (χ3v) is 4.68. The summed E-state index contributed by atoms with van der Waals surface area (Å²) in [5, 5.41) is 23.7. The second kappa shape index (κ2) is 6.17. The zero-order valence-electron chi connectivity index (χ0n) is 12.5. The summed E-state index contributed by atoms with van der Waals surface area (Å²) in [6, 6.07) is 5.21. The molecule has 1 fully saturated rings. The largest absolute Gasteiger partial charge is 0.376 e. The van der Waals surface area contributed by atoms with Crippen LogP contribution in [0, 0.1) is 10.1 Å². The lowest BCUT2D eigenvalue weighted by Crippen LogP contribution is -2.16. The van der Waals surface area contributed by atoms with Crippen LogP contribution in [0.4, 0.5) is 5.82 Å². The molecule has 1 aliphatic rings. The SMILES string of the molecule is O=[N+]([O-])c1c(Sc2nnnn2CC2CCCO2)nc2ccccn12. The Labute approximate surface area is 140 Å². The average Bonchev–Trinajstić information content (AvgIpc) is 3.28. The van der Waals surface area contributed by atoms with Gasteiger partial charge in [0.1, 0.15) is 0 Å². The quantitative estimate of drug-likeness (QED) is 0.505. The standard InChI is InChI=1S/C13H13N7O3S/c21-20(22)12-11(14-10-5-1-2-6-18(10)12)24-13-15-16-17-19(13)8-9-4-3-7-23-9/h1-2,5-6,9H,3-4,7-8H2. The molecule has 0 aliphatic carbocycles. The Bertz CT molecular complexity index is 887. The van der Waals surface area contributed by atoms with Crippen LogP contribution in [-0.4, -0.2) is 47.2 Å². The predicted molar refractivity (Wildman–Crippen MR) is 82.8 cm³/mol. The minimum atomic E-state index is -0.448. The van der Waals surface area contributed by atoms with Gasteiger partial charge in [-0.05, 0) is 46.0 Å². The van der Waals surface area contributed by atoms with Gasteiger partial charge in [0.05, 0.1) is 18.8 Å². The molecule has 124 valence electrons. The van der Waals surface area contributed by atoms with E-state index in [1.165, 1.54) is 4.40 Å². The molecule has 0 saturated carbocycles. The minimum absolute atomic E-state index is 0.0731. The lowest BCUT2D eigenvalue weighted by molar-refractivity contribution is -0.393. The number of nitrogens with zero attached hydrogens (tertiary/aromatic N) is 7. The van der Waals surface area contributed by atoms with Crippen molar-refractivity contribution < 1.29 is 9.66 Å². The van der Waals surface area contributed by atoms with Crippen molar-refractivity contribution in [2.24, 2.45) is 0 Å². The molecule has 10 nitrogen and oxygen atoms in total. The number of rotatable bonds is 5. The zero-order chi connectivity index (χ0) is 16.5. The van der Waals surface area contributed by atoms with Crippen LogP contribution in [0.15, 0.2) is 34.6 Å². The molecular weight excluding hydrogens is 334 g/mol. The maximum Gasteiger partial charge on any atom is 0.362 e. The van der Waals surface area contributed by atoms with Crippen LogP contribution in [0.1, 0.15) is 12.8 Å². The smallest absolute Gasteiger partial charge is 0.362 e. The Morgan fingerprint density at radius 2 is 2.38 bits per heavy atom. The van der Waals surface area contributed by atoms with Crippen LogP contribution >= 0.6 is 11.8 Å². The number of ether oxygens (including phenoxy) is 1. The molecule has 0 radical (unpaired) electrons. The number of nitro groups is 1. The first kappa shape index (κ1) is 15.0. The van der Waals surface area contributed by atoms with E-state index in [-0.39, 0.29) is 16.9 Å². The van der Waals surface area contributed by atoms with E-state index < -0.39 is 4.92 Å². The fourth-order valence-corrected chi connectivity index (χ4v) is 3.52. The second-order valence-corrected chi connectivity index (χ2v) is 6.26. The number of aromatic nitrogens is 6. The molecule has 0 amide bonds. The Hall–Kier alpha value is -2.53. The molecular formula is C13H13N7O3S. The summed E-state index contributed by atoms with van der Waals surface area (Å²) in [6.45, 7) is 1.27. The van der Waals surface area contributed by atoms with E-state index in [9.17, 15) is 10.1 Å². The van der Waals surface area contributed by atoms with Gasteiger partial charge in [-0.15, -0.1) is 5.10 Å². The summed E-state index contributed by atoms with van der Waals surface area (Å²) in [5.74, 6) is -0.0951. The van der Waals surface area contributed by atoms with E-state index in [2.05, 4.69) is 20.5 Å². The minimum Gasteiger partial charge on any atom is -0.376 e. The molecule has 1 atom stereocenters. The molecule has 0 spiro atoms. The van der Waals surface area contributed by atoms with Crippen molar-refractivity contribution in [3.05, 3.63) is 34.5 Å². The van der Waals surface area contributed by atoms with Crippen LogP contribution in [0.3, 0.4) is 0 Å². The number of tetrazole rings is 1. The number of hydrogen-bond donors (Lipinski definition) is 0. The highest BCUT2D eigenvalue weighted by molar-refractivity contribution is 7.99. The van der Waals surface area contributed by atoms with Crippen LogP contribution in [0.5, 0.6) is 0 Å². The fraction of sp³-hybridized carbons (Fsp3) is 0.385. The van der Waals surface area contributed by atoms with Crippen LogP contribution < -0.4 is 0 Å². The summed E-state index contributed by atoms with van der Waals surface area (Å²) >= 11 is 1.08. The van der Waals surface area contributed by atoms with Gasteiger partial charge >= 0.3 is 5.82 Å². The van der Waals surface area contributed by atoms with Gasteiger partial charge in [-0.1, -0.05) is 6.07 Å². The maximum absolute atomic E-state index is 11.4. The number of pyridine rings is 1. The monoisotopic (exact) mass is 347 g/mol. The number of imidazole rings is 1. The van der Waals surface area contributed by atoms with Gasteiger partial charge in [0.25, 0.3) is 0 Å². The summed E-state index contributed by atoms with van der Waals surface area (Å²) in [5.41, 5.74) is 0.504. The van der Waals surface area contributed by atoms with Crippen molar-refractivity contribution in [2.45, 2.75) is 35.7 Å². The van der Waals surface area contributed by atoms with Gasteiger partial charge in [-0.2, -0.15) is 9.38 Å². The van der Waals surface area contributed by atoms with Gasteiger partial charge < -0.3 is 14.9 Å². The van der Waals surface area contributed by atoms with Crippen molar-refractivity contribution in [1.82, 2.24) is 29.6 Å². The normalized spacial score (nSPS) is 17.6.